The minimum Gasteiger partial charge on any atom is -0.456 e. The van der Waals surface area contributed by atoms with E-state index in [1.807, 2.05) is 4.72 Å². The Hall–Kier alpha value is -2.83. The number of ether oxygens (including phenoxy) is 1. The Kier molecular flexibility index (Phi) is 7.42. The number of nitro benzene ring substituents is 1. The van der Waals surface area contributed by atoms with Gasteiger partial charge >= 0.3 is 5.97 Å². The molecule has 154 valence electrons. The van der Waals surface area contributed by atoms with Crippen LogP contribution in [-0.4, -0.2) is 44.5 Å². The van der Waals surface area contributed by atoms with Crippen molar-refractivity contribution in [2.24, 2.45) is 0 Å². The highest BCUT2D eigenvalue weighted by atomic mass is 32.2. The molecule has 0 heterocycles. The second-order valence-corrected chi connectivity index (χ2v) is 8.12. The zero-order chi connectivity index (χ0) is 21.6. The lowest BCUT2D eigenvalue weighted by molar-refractivity contribution is -0.387. The van der Waals surface area contributed by atoms with Gasteiger partial charge in [-0.2, -0.15) is 4.72 Å². The van der Waals surface area contributed by atoms with Crippen molar-refractivity contribution < 1.29 is 32.1 Å². The van der Waals surface area contributed by atoms with Crippen molar-refractivity contribution in [2.75, 3.05) is 19.4 Å². The average Bonchev–Trinajstić information content (AvgIpc) is 2.70. The second-order valence-electron chi connectivity index (χ2n) is 5.51. The third-order valence-corrected chi connectivity index (χ3v) is 5.78. The quantitative estimate of drug-likeness (QED) is 0.205. The molecule has 0 saturated heterocycles. The molecular formula is C17H15FN2O7S2. The number of nitrogens with zero attached hydrogens (tertiary/aromatic N) is 1. The summed E-state index contributed by atoms with van der Waals surface area (Å²) < 4.78 is 44.0. The van der Waals surface area contributed by atoms with Gasteiger partial charge in [0.15, 0.2) is 12.4 Å². The molecule has 0 aliphatic rings. The number of thioether (sulfide) groups is 1. The molecule has 12 heteroatoms. The van der Waals surface area contributed by atoms with E-state index in [1.54, 1.807) is 6.26 Å². The Balaban J connectivity index is 1.96. The third kappa shape index (κ3) is 6.07. The molecule has 0 aliphatic carbocycles. The summed E-state index contributed by atoms with van der Waals surface area (Å²) in [4.78, 5) is 33.8. The molecule has 2 aromatic carbocycles. The number of hydrogen-bond acceptors (Lipinski definition) is 8. The van der Waals surface area contributed by atoms with Gasteiger partial charge < -0.3 is 4.74 Å². The molecule has 0 fully saturated rings. The van der Waals surface area contributed by atoms with Crippen molar-refractivity contribution in [1.29, 1.82) is 0 Å². The average molecular weight is 442 g/mol. The molecule has 0 saturated carbocycles. The van der Waals surface area contributed by atoms with Crippen LogP contribution in [0.15, 0.2) is 52.3 Å². The van der Waals surface area contributed by atoms with Crippen LogP contribution in [0.2, 0.25) is 0 Å². The number of benzene rings is 2. The van der Waals surface area contributed by atoms with Crippen LogP contribution in [0, 0.1) is 15.9 Å². The van der Waals surface area contributed by atoms with Crippen LogP contribution in [-0.2, 0) is 19.6 Å². The van der Waals surface area contributed by atoms with E-state index in [0.29, 0.717) is 0 Å². The molecule has 2 aromatic rings. The molecule has 0 radical (unpaired) electrons. The maximum atomic E-state index is 12.8. The number of sulfonamides is 1. The van der Waals surface area contributed by atoms with Crippen LogP contribution < -0.4 is 4.72 Å². The van der Waals surface area contributed by atoms with Gasteiger partial charge in [-0.1, -0.05) is 0 Å². The molecular weight excluding hydrogens is 427 g/mol. The highest BCUT2D eigenvalue weighted by molar-refractivity contribution is 7.98. The number of carbonyl (C=O) groups is 2. The number of rotatable bonds is 9. The summed E-state index contributed by atoms with van der Waals surface area (Å²) in [7, 11) is -4.22. The van der Waals surface area contributed by atoms with Gasteiger partial charge in [0.05, 0.1) is 14.7 Å². The van der Waals surface area contributed by atoms with E-state index in [1.165, 1.54) is 24.3 Å². The zero-order valence-electron chi connectivity index (χ0n) is 15.0. The zero-order valence-corrected chi connectivity index (χ0v) is 16.6. The van der Waals surface area contributed by atoms with Gasteiger partial charge in [0.25, 0.3) is 5.69 Å². The van der Waals surface area contributed by atoms with E-state index in [0.717, 1.165) is 30.0 Å². The van der Waals surface area contributed by atoms with Crippen LogP contribution in [0.3, 0.4) is 0 Å². The van der Waals surface area contributed by atoms with Gasteiger partial charge in [-0.15, -0.1) is 11.8 Å². The topological polar surface area (TPSA) is 133 Å². The molecule has 9 nitrogen and oxygen atoms in total. The highest BCUT2D eigenvalue weighted by Gasteiger charge is 2.22. The van der Waals surface area contributed by atoms with Crippen molar-refractivity contribution in [2.45, 2.75) is 9.79 Å². The number of esters is 1. The maximum absolute atomic E-state index is 12.8. The number of nitro groups is 1. The Morgan fingerprint density at radius 2 is 1.86 bits per heavy atom. The SMILES string of the molecule is CSc1ccc(S(=O)(=O)NCC(=O)OCC(=O)c2ccc(F)cc2)cc1[N+](=O)[O-]. The molecule has 0 atom stereocenters. The number of halogens is 1. The van der Waals surface area contributed by atoms with Gasteiger partial charge in [-0.3, -0.25) is 19.7 Å². The minimum absolute atomic E-state index is 0.126. The lowest BCUT2D eigenvalue weighted by Crippen LogP contribution is -2.31. The van der Waals surface area contributed by atoms with Gasteiger partial charge in [0.1, 0.15) is 12.4 Å². The molecule has 29 heavy (non-hydrogen) atoms. The molecule has 0 aromatic heterocycles. The Morgan fingerprint density at radius 3 is 2.45 bits per heavy atom. The Bertz CT molecular complexity index is 1040. The summed E-state index contributed by atoms with van der Waals surface area (Å²) in [5.74, 6) is -2.15. The lowest BCUT2D eigenvalue weighted by Gasteiger charge is -2.08. The molecule has 0 spiro atoms. The van der Waals surface area contributed by atoms with E-state index in [-0.39, 0.29) is 16.1 Å². The summed E-state index contributed by atoms with van der Waals surface area (Å²) in [5, 5.41) is 11.1. The number of hydrogen-bond donors (Lipinski definition) is 1. The predicted molar refractivity (Wildman–Crippen MR) is 102 cm³/mol. The van der Waals surface area contributed by atoms with Crippen LogP contribution in [0.4, 0.5) is 10.1 Å². The fourth-order valence-corrected chi connectivity index (χ4v) is 3.67. The standard InChI is InChI=1S/C17H15FN2O7S2/c1-28-16-7-6-13(8-14(16)20(23)24)29(25,26)19-9-17(22)27-10-15(21)11-2-4-12(18)5-3-11/h2-8,19H,9-10H2,1H3. The fraction of sp³-hybridized carbons (Fsp3) is 0.176. The molecule has 0 amide bonds. The van der Waals surface area contributed by atoms with E-state index < -0.39 is 50.6 Å². The Labute approximate surface area is 169 Å². The first-order valence-corrected chi connectivity index (χ1v) is 10.6. The molecule has 1 N–H and O–H groups in total. The number of Topliss-reactive ketones (excluding diaryl/α,β-unsaturated/α-hetero) is 1. The number of ketones is 1. The Morgan fingerprint density at radius 1 is 1.21 bits per heavy atom. The van der Waals surface area contributed by atoms with Crippen molar-refractivity contribution in [3.63, 3.8) is 0 Å². The number of nitrogens with one attached hydrogen (secondary N) is 1. The summed E-state index contributed by atoms with van der Waals surface area (Å²) in [6.07, 6.45) is 1.61. The van der Waals surface area contributed by atoms with Crippen LogP contribution in [0.25, 0.3) is 0 Å². The predicted octanol–water partition coefficient (Wildman–Crippen LogP) is 2.16. The smallest absolute Gasteiger partial charge is 0.321 e. The van der Waals surface area contributed by atoms with Crippen LogP contribution in [0.1, 0.15) is 10.4 Å². The monoisotopic (exact) mass is 442 g/mol. The molecule has 0 aliphatic heterocycles. The van der Waals surface area contributed by atoms with E-state index in [4.69, 9.17) is 4.74 Å². The summed E-state index contributed by atoms with van der Waals surface area (Å²) in [6.45, 7) is -1.43. The van der Waals surface area contributed by atoms with E-state index >= 15 is 0 Å². The van der Waals surface area contributed by atoms with Crippen molar-refractivity contribution in [3.8, 4) is 0 Å². The van der Waals surface area contributed by atoms with Gasteiger partial charge in [0.2, 0.25) is 10.0 Å². The highest BCUT2D eigenvalue weighted by Crippen LogP contribution is 2.29. The fourth-order valence-electron chi connectivity index (χ4n) is 2.13. The third-order valence-electron chi connectivity index (χ3n) is 3.59. The van der Waals surface area contributed by atoms with Crippen LogP contribution >= 0.6 is 11.8 Å². The maximum Gasteiger partial charge on any atom is 0.321 e. The van der Waals surface area contributed by atoms with Gasteiger partial charge in [-0.25, -0.2) is 12.8 Å². The first-order chi connectivity index (χ1) is 13.6. The first kappa shape index (κ1) is 22.5. The van der Waals surface area contributed by atoms with E-state index in [9.17, 15) is 32.5 Å². The number of carbonyl (C=O) groups excluding carboxylic acids is 2. The minimum atomic E-state index is -4.22. The lowest BCUT2D eigenvalue weighted by atomic mass is 10.1. The van der Waals surface area contributed by atoms with Gasteiger partial charge in [0, 0.05) is 11.6 Å². The van der Waals surface area contributed by atoms with Crippen LogP contribution in [0.5, 0.6) is 0 Å². The largest absolute Gasteiger partial charge is 0.456 e. The summed E-state index contributed by atoms with van der Waals surface area (Å²) in [6, 6.07) is 7.94. The van der Waals surface area contributed by atoms with E-state index in [2.05, 4.69) is 0 Å². The summed E-state index contributed by atoms with van der Waals surface area (Å²) in [5.41, 5.74) is -0.256. The van der Waals surface area contributed by atoms with Crippen molar-refractivity contribution >= 4 is 39.2 Å². The molecule has 0 unspecified atom stereocenters. The normalized spacial score (nSPS) is 11.1. The van der Waals surface area contributed by atoms with Crippen molar-refractivity contribution in [3.05, 3.63) is 64.0 Å². The molecule has 2 rings (SSSR count). The molecule has 0 bridgehead atoms. The van der Waals surface area contributed by atoms with Gasteiger partial charge in [-0.05, 0) is 42.7 Å². The van der Waals surface area contributed by atoms with Crippen molar-refractivity contribution in [1.82, 2.24) is 4.72 Å². The first-order valence-electron chi connectivity index (χ1n) is 7.90. The second kappa shape index (κ2) is 9.58. The summed E-state index contributed by atoms with van der Waals surface area (Å²) >= 11 is 1.09.